The van der Waals surface area contributed by atoms with Gasteiger partial charge in [-0.05, 0) is 5.92 Å². The number of hydrogen-bond donors (Lipinski definition) is 2. The second kappa shape index (κ2) is 5.82. The van der Waals surface area contributed by atoms with Crippen molar-refractivity contribution in [2.45, 2.75) is 13.8 Å². The summed E-state index contributed by atoms with van der Waals surface area (Å²) in [4.78, 5) is 11.1. The molecule has 2 heterocycles. The molecule has 1 aliphatic rings. The molecule has 0 aliphatic carbocycles. The van der Waals surface area contributed by atoms with Crippen LogP contribution in [0.3, 0.4) is 0 Å². The Hall–Kier alpha value is -1.36. The van der Waals surface area contributed by atoms with Crippen LogP contribution < -0.4 is 15.5 Å². The molecule has 0 spiro atoms. The molecule has 1 saturated heterocycles. The number of nitrogens with zero attached hydrogens (tertiary/aromatic N) is 3. The zero-order valence-corrected chi connectivity index (χ0v) is 10.6. The lowest BCUT2D eigenvalue weighted by molar-refractivity contribution is 0.584. The van der Waals surface area contributed by atoms with Gasteiger partial charge in [-0.25, -0.2) is 9.97 Å². The molecule has 17 heavy (non-hydrogen) atoms. The Kier molecular flexibility index (Phi) is 4.14. The van der Waals surface area contributed by atoms with Crippen LogP contribution in [0, 0.1) is 5.92 Å². The summed E-state index contributed by atoms with van der Waals surface area (Å²) in [6.45, 7) is 9.32. The second-order valence-corrected chi connectivity index (χ2v) is 4.74. The van der Waals surface area contributed by atoms with Crippen molar-refractivity contribution in [2.75, 3.05) is 42.9 Å². The molecular formula is C12H21N5. The Labute approximate surface area is 103 Å². The maximum absolute atomic E-state index is 4.45. The number of anilines is 2. The Balaban J connectivity index is 2.09. The van der Waals surface area contributed by atoms with Crippen molar-refractivity contribution in [3.63, 3.8) is 0 Å². The zero-order valence-electron chi connectivity index (χ0n) is 10.6. The van der Waals surface area contributed by atoms with Crippen molar-refractivity contribution < 1.29 is 0 Å². The van der Waals surface area contributed by atoms with Gasteiger partial charge in [0.2, 0.25) is 0 Å². The molecule has 5 nitrogen and oxygen atoms in total. The highest BCUT2D eigenvalue weighted by molar-refractivity contribution is 5.60. The third-order valence-corrected chi connectivity index (χ3v) is 2.77. The monoisotopic (exact) mass is 235 g/mol. The topological polar surface area (TPSA) is 53.1 Å². The molecule has 5 heteroatoms. The zero-order chi connectivity index (χ0) is 12.1. The minimum Gasteiger partial charge on any atom is -0.367 e. The van der Waals surface area contributed by atoms with E-state index in [1.165, 1.54) is 0 Å². The van der Waals surface area contributed by atoms with Gasteiger partial charge in [0.1, 0.15) is 0 Å². The van der Waals surface area contributed by atoms with Gasteiger partial charge in [0.25, 0.3) is 0 Å². The highest BCUT2D eigenvalue weighted by Crippen LogP contribution is 2.20. The minimum atomic E-state index is 0.605. The van der Waals surface area contributed by atoms with Gasteiger partial charge in [0, 0.05) is 45.1 Å². The maximum atomic E-state index is 4.45. The second-order valence-electron chi connectivity index (χ2n) is 4.74. The van der Waals surface area contributed by atoms with Gasteiger partial charge in [-0.2, -0.15) is 0 Å². The summed E-state index contributed by atoms with van der Waals surface area (Å²) in [5, 5.41) is 6.72. The predicted octanol–water partition coefficient (Wildman–Crippen LogP) is 0.954. The summed E-state index contributed by atoms with van der Waals surface area (Å²) in [7, 11) is 0. The molecule has 1 fully saturated rings. The summed E-state index contributed by atoms with van der Waals surface area (Å²) in [6.07, 6.45) is 3.51. The summed E-state index contributed by atoms with van der Waals surface area (Å²) < 4.78 is 0. The minimum absolute atomic E-state index is 0.605. The molecule has 1 aliphatic heterocycles. The van der Waals surface area contributed by atoms with Gasteiger partial charge in [-0.15, -0.1) is 0 Å². The van der Waals surface area contributed by atoms with E-state index >= 15 is 0 Å². The van der Waals surface area contributed by atoms with Crippen molar-refractivity contribution in [3.05, 3.63) is 12.4 Å². The molecule has 94 valence electrons. The largest absolute Gasteiger partial charge is 0.367 e. The third kappa shape index (κ3) is 3.30. The van der Waals surface area contributed by atoms with E-state index in [-0.39, 0.29) is 0 Å². The molecule has 2 N–H and O–H groups in total. The molecular weight excluding hydrogens is 214 g/mol. The third-order valence-electron chi connectivity index (χ3n) is 2.77. The van der Waals surface area contributed by atoms with E-state index in [0.29, 0.717) is 5.92 Å². The number of rotatable bonds is 4. The lowest BCUT2D eigenvalue weighted by Gasteiger charge is -2.29. The fourth-order valence-corrected chi connectivity index (χ4v) is 1.86. The first kappa shape index (κ1) is 12.1. The molecule has 0 aromatic carbocycles. The van der Waals surface area contributed by atoms with Crippen LogP contribution in [0.25, 0.3) is 0 Å². The molecule has 0 radical (unpaired) electrons. The lowest BCUT2D eigenvalue weighted by Crippen LogP contribution is -2.44. The van der Waals surface area contributed by atoms with Gasteiger partial charge < -0.3 is 15.5 Å². The van der Waals surface area contributed by atoms with E-state index in [1.54, 1.807) is 12.4 Å². The summed E-state index contributed by atoms with van der Waals surface area (Å²) in [6, 6.07) is 0. The molecule has 1 aromatic rings. The average Bonchev–Trinajstić information content (AvgIpc) is 2.38. The molecule has 0 amide bonds. The summed E-state index contributed by atoms with van der Waals surface area (Å²) >= 11 is 0. The van der Waals surface area contributed by atoms with Crippen molar-refractivity contribution in [2.24, 2.45) is 5.92 Å². The summed E-state index contributed by atoms with van der Waals surface area (Å²) in [5.41, 5.74) is 0. The smallest absolute Gasteiger partial charge is 0.171 e. The van der Waals surface area contributed by atoms with Crippen LogP contribution in [-0.2, 0) is 0 Å². The highest BCUT2D eigenvalue weighted by atomic mass is 15.3. The fraction of sp³-hybridized carbons (Fsp3) is 0.667. The number of piperazine rings is 1. The first-order chi connectivity index (χ1) is 8.27. The van der Waals surface area contributed by atoms with Crippen molar-refractivity contribution >= 4 is 11.6 Å². The van der Waals surface area contributed by atoms with Crippen molar-refractivity contribution in [1.82, 2.24) is 15.3 Å². The van der Waals surface area contributed by atoms with Crippen LogP contribution in [0.4, 0.5) is 11.6 Å². The van der Waals surface area contributed by atoms with Crippen molar-refractivity contribution in [1.29, 1.82) is 0 Å². The van der Waals surface area contributed by atoms with Gasteiger partial charge >= 0.3 is 0 Å². The van der Waals surface area contributed by atoms with E-state index < -0.39 is 0 Å². The van der Waals surface area contributed by atoms with E-state index in [0.717, 1.165) is 44.4 Å². The molecule has 0 bridgehead atoms. The van der Waals surface area contributed by atoms with Crippen LogP contribution >= 0.6 is 0 Å². The maximum Gasteiger partial charge on any atom is 0.171 e. The Morgan fingerprint density at radius 1 is 1.29 bits per heavy atom. The predicted molar refractivity (Wildman–Crippen MR) is 70.4 cm³/mol. The molecule has 2 rings (SSSR count). The number of hydrogen-bond acceptors (Lipinski definition) is 5. The van der Waals surface area contributed by atoms with Crippen molar-refractivity contribution in [3.8, 4) is 0 Å². The lowest BCUT2D eigenvalue weighted by atomic mass is 10.2. The van der Waals surface area contributed by atoms with Gasteiger partial charge in [-0.1, -0.05) is 13.8 Å². The SMILES string of the molecule is CC(C)CNc1nccnc1N1CCNCC1. The van der Waals surface area contributed by atoms with E-state index in [2.05, 4.69) is 39.3 Å². The Morgan fingerprint density at radius 3 is 2.71 bits per heavy atom. The van der Waals surface area contributed by atoms with Crippen LogP contribution in [0.2, 0.25) is 0 Å². The molecule has 0 unspecified atom stereocenters. The van der Waals surface area contributed by atoms with E-state index in [9.17, 15) is 0 Å². The van der Waals surface area contributed by atoms with Crippen LogP contribution in [0.5, 0.6) is 0 Å². The van der Waals surface area contributed by atoms with E-state index in [4.69, 9.17) is 0 Å². The molecule has 0 saturated carbocycles. The Bertz CT molecular complexity index is 347. The molecule has 0 atom stereocenters. The number of aromatic nitrogens is 2. The van der Waals surface area contributed by atoms with Gasteiger partial charge in [0.15, 0.2) is 11.6 Å². The average molecular weight is 235 g/mol. The van der Waals surface area contributed by atoms with Crippen LogP contribution in [0.1, 0.15) is 13.8 Å². The number of nitrogens with one attached hydrogen (secondary N) is 2. The van der Waals surface area contributed by atoms with Gasteiger partial charge in [-0.3, -0.25) is 0 Å². The highest BCUT2D eigenvalue weighted by Gasteiger charge is 2.15. The Morgan fingerprint density at radius 2 is 2.00 bits per heavy atom. The fourth-order valence-electron chi connectivity index (χ4n) is 1.86. The summed E-state index contributed by atoms with van der Waals surface area (Å²) in [5.74, 6) is 2.49. The van der Waals surface area contributed by atoms with Crippen LogP contribution in [-0.4, -0.2) is 42.7 Å². The van der Waals surface area contributed by atoms with Crippen LogP contribution in [0.15, 0.2) is 12.4 Å². The van der Waals surface area contributed by atoms with Gasteiger partial charge in [0.05, 0.1) is 0 Å². The quantitative estimate of drug-likeness (QED) is 0.814. The first-order valence-electron chi connectivity index (χ1n) is 6.28. The van der Waals surface area contributed by atoms with E-state index in [1.807, 2.05) is 0 Å². The first-order valence-corrected chi connectivity index (χ1v) is 6.28. The molecule has 1 aromatic heterocycles. The normalized spacial score (nSPS) is 16.3. The standard InChI is InChI=1S/C12H21N5/c1-10(2)9-16-11-12(15-4-3-14-11)17-7-5-13-6-8-17/h3-4,10,13H,5-9H2,1-2H3,(H,14,16).